The van der Waals surface area contributed by atoms with Crippen molar-refractivity contribution in [3.05, 3.63) is 51.7 Å². The van der Waals surface area contributed by atoms with Crippen LogP contribution in [-0.2, 0) is 33.7 Å². The minimum absolute atomic E-state index is 0.0883. The predicted molar refractivity (Wildman–Crippen MR) is 122 cm³/mol. The number of ether oxygens (including phenoxy) is 1. The van der Waals surface area contributed by atoms with Crippen LogP contribution in [-0.4, -0.2) is 44.0 Å². The Morgan fingerprint density at radius 2 is 2.00 bits per heavy atom. The molecule has 0 unspecified atom stereocenters. The molecule has 8 nitrogen and oxygen atoms in total. The maximum atomic E-state index is 12.3. The monoisotopic (exact) mass is 479 g/mol. The summed E-state index contributed by atoms with van der Waals surface area (Å²) >= 11 is 8.53. The minimum Gasteiger partial charge on any atom is -0.466 e. The van der Waals surface area contributed by atoms with Crippen LogP contribution in [0.25, 0.3) is 0 Å². The smallest absolute Gasteiger partial charge is 0.311 e. The van der Waals surface area contributed by atoms with Gasteiger partial charge in [-0.2, -0.15) is 0 Å². The van der Waals surface area contributed by atoms with Gasteiger partial charge in [-0.1, -0.05) is 35.5 Å². The Kier molecular flexibility index (Phi) is 8.44. The second kappa shape index (κ2) is 11.3. The molecule has 164 valence electrons. The molecule has 2 heterocycles. The van der Waals surface area contributed by atoms with Crippen molar-refractivity contribution in [3.63, 3.8) is 0 Å². The molecule has 1 N–H and O–H groups in total. The fraction of sp³-hybridized carbons (Fsp3) is 0.350. The minimum atomic E-state index is -0.338. The van der Waals surface area contributed by atoms with Gasteiger partial charge in [0.05, 0.1) is 24.5 Å². The second-order valence-corrected chi connectivity index (χ2v) is 8.65. The summed E-state index contributed by atoms with van der Waals surface area (Å²) in [4.78, 5) is 28.1. The van der Waals surface area contributed by atoms with Gasteiger partial charge in [-0.15, -0.1) is 21.5 Å². The second-order valence-electron chi connectivity index (χ2n) is 6.41. The van der Waals surface area contributed by atoms with Crippen LogP contribution in [0.5, 0.6) is 0 Å². The fourth-order valence-corrected chi connectivity index (χ4v) is 4.42. The van der Waals surface area contributed by atoms with Gasteiger partial charge in [0.15, 0.2) is 10.3 Å². The topological polar surface area (TPSA) is 99.0 Å². The highest BCUT2D eigenvalue weighted by atomic mass is 35.5. The molecule has 1 aromatic carbocycles. The van der Waals surface area contributed by atoms with Crippen LogP contribution < -0.4 is 5.32 Å². The van der Waals surface area contributed by atoms with Crippen molar-refractivity contribution in [2.45, 2.75) is 38.4 Å². The van der Waals surface area contributed by atoms with Crippen molar-refractivity contribution >= 4 is 51.7 Å². The number of anilines is 1. The molecule has 0 saturated heterocycles. The summed E-state index contributed by atoms with van der Waals surface area (Å²) in [6.45, 7) is 4.79. The molecule has 3 aromatic rings. The number of aromatic nitrogens is 4. The zero-order valence-electron chi connectivity index (χ0n) is 17.1. The van der Waals surface area contributed by atoms with Gasteiger partial charge in [-0.3, -0.25) is 9.59 Å². The van der Waals surface area contributed by atoms with Crippen molar-refractivity contribution in [3.8, 4) is 0 Å². The number of halogens is 1. The molecule has 0 fully saturated rings. The number of amides is 1. The Bertz CT molecular complexity index is 1040. The molecule has 0 bridgehead atoms. The van der Waals surface area contributed by atoms with E-state index in [-0.39, 0.29) is 24.1 Å². The van der Waals surface area contributed by atoms with E-state index in [9.17, 15) is 9.59 Å². The number of thioether (sulfide) groups is 1. The molecule has 11 heteroatoms. The lowest BCUT2D eigenvalue weighted by molar-refractivity contribution is -0.142. The lowest BCUT2D eigenvalue weighted by atomic mass is 10.1. The number of nitrogens with one attached hydrogen (secondary N) is 1. The van der Waals surface area contributed by atoms with Gasteiger partial charge in [0, 0.05) is 23.4 Å². The molecule has 0 aliphatic heterocycles. The lowest BCUT2D eigenvalue weighted by Gasteiger charge is -2.07. The van der Waals surface area contributed by atoms with Crippen molar-refractivity contribution < 1.29 is 14.3 Å². The van der Waals surface area contributed by atoms with Crippen molar-refractivity contribution in [2.75, 3.05) is 17.7 Å². The van der Waals surface area contributed by atoms with E-state index in [1.807, 2.05) is 35.8 Å². The third-order valence-corrected chi connectivity index (χ3v) is 6.17. The zero-order valence-corrected chi connectivity index (χ0v) is 19.5. The largest absolute Gasteiger partial charge is 0.466 e. The van der Waals surface area contributed by atoms with Crippen molar-refractivity contribution in [1.29, 1.82) is 0 Å². The predicted octanol–water partition coefficient (Wildman–Crippen LogP) is 3.84. The average molecular weight is 480 g/mol. The molecule has 3 rings (SSSR count). The number of esters is 1. The van der Waals surface area contributed by atoms with Crippen molar-refractivity contribution in [2.24, 2.45) is 0 Å². The first-order chi connectivity index (χ1) is 15.0. The van der Waals surface area contributed by atoms with Gasteiger partial charge < -0.3 is 14.6 Å². The molecule has 0 atom stereocenters. The average Bonchev–Trinajstić information content (AvgIpc) is 3.34. The number of nitrogens with zero attached hydrogens (tertiary/aromatic N) is 4. The molecule has 0 radical (unpaired) electrons. The third-order valence-electron chi connectivity index (χ3n) is 4.15. The number of carbonyl (C=O) groups is 2. The normalized spacial score (nSPS) is 10.8. The third kappa shape index (κ3) is 6.78. The van der Waals surface area contributed by atoms with E-state index in [2.05, 4.69) is 20.5 Å². The van der Waals surface area contributed by atoms with Crippen LogP contribution in [0.1, 0.15) is 30.9 Å². The van der Waals surface area contributed by atoms with E-state index >= 15 is 0 Å². The lowest BCUT2D eigenvalue weighted by Crippen LogP contribution is -2.15. The Morgan fingerprint density at radius 3 is 2.71 bits per heavy atom. The van der Waals surface area contributed by atoms with E-state index in [0.29, 0.717) is 40.6 Å². The molecule has 0 aliphatic rings. The van der Waals surface area contributed by atoms with Gasteiger partial charge in [-0.05, 0) is 31.5 Å². The Morgan fingerprint density at radius 1 is 1.23 bits per heavy atom. The highest BCUT2D eigenvalue weighted by Crippen LogP contribution is 2.21. The fourth-order valence-electron chi connectivity index (χ4n) is 2.75. The summed E-state index contributed by atoms with van der Waals surface area (Å²) in [6, 6.07) is 7.61. The van der Waals surface area contributed by atoms with Gasteiger partial charge in [0.1, 0.15) is 5.82 Å². The summed E-state index contributed by atoms with van der Waals surface area (Å²) in [7, 11) is 0. The van der Waals surface area contributed by atoms with E-state index in [0.717, 1.165) is 11.4 Å². The summed E-state index contributed by atoms with van der Waals surface area (Å²) in [6.07, 6.45) is 0.720. The number of benzene rings is 1. The molecule has 0 aliphatic carbocycles. The van der Waals surface area contributed by atoms with Crippen molar-refractivity contribution in [1.82, 2.24) is 19.7 Å². The van der Waals surface area contributed by atoms with Gasteiger partial charge >= 0.3 is 5.97 Å². The number of carbonyl (C=O) groups excluding carboxylic acids is 2. The van der Waals surface area contributed by atoms with E-state index in [1.54, 1.807) is 12.3 Å². The number of hydrogen-bond donors (Lipinski definition) is 1. The van der Waals surface area contributed by atoms with E-state index in [4.69, 9.17) is 16.3 Å². The maximum absolute atomic E-state index is 12.3. The van der Waals surface area contributed by atoms with Crippen LogP contribution in [0.15, 0.2) is 34.8 Å². The zero-order chi connectivity index (χ0) is 22.2. The van der Waals surface area contributed by atoms with Crippen LogP contribution in [0, 0.1) is 0 Å². The van der Waals surface area contributed by atoms with Crippen LogP contribution >= 0.6 is 34.7 Å². The van der Waals surface area contributed by atoms with Gasteiger partial charge in [0.2, 0.25) is 5.91 Å². The molecule has 2 aromatic heterocycles. The summed E-state index contributed by atoms with van der Waals surface area (Å²) in [5.74, 6) is 0.462. The van der Waals surface area contributed by atoms with E-state index < -0.39 is 0 Å². The SMILES string of the molecule is CCOC(=O)Cc1csc(NC(=O)CSc2nnc(Cc3ccc(Cl)cc3)n2CC)n1. The van der Waals surface area contributed by atoms with Crippen LogP contribution in [0.2, 0.25) is 5.02 Å². The first-order valence-electron chi connectivity index (χ1n) is 9.67. The first-order valence-corrected chi connectivity index (χ1v) is 11.9. The first kappa shape index (κ1) is 23.2. The standard InChI is InChI=1S/C20H22ClN5O3S2/c1-3-26-16(9-13-5-7-14(21)8-6-13)24-25-20(26)31-12-17(27)23-19-22-15(11-30-19)10-18(28)29-4-2/h5-8,11H,3-4,9-10,12H2,1-2H3,(H,22,23,27). The Hall–Kier alpha value is -2.43. The van der Waals surface area contributed by atoms with Crippen LogP contribution in [0.3, 0.4) is 0 Å². The van der Waals surface area contributed by atoms with Gasteiger partial charge in [0.25, 0.3) is 0 Å². The quantitative estimate of drug-likeness (QED) is 0.348. The highest BCUT2D eigenvalue weighted by Gasteiger charge is 2.15. The highest BCUT2D eigenvalue weighted by molar-refractivity contribution is 7.99. The molecule has 31 heavy (non-hydrogen) atoms. The van der Waals surface area contributed by atoms with Crippen LogP contribution in [0.4, 0.5) is 5.13 Å². The number of rotatable bonds is 10. The molecular formula is C20H22ClN5O3S2. The number of hydrogen-bond acceptors (Lipinski definition) is 8. The molecule has 0 spiro atoms. The molecule has 0 saturated carbocycles. The Balaban J connectivity index is 1.54. The molecule has 1 amide bonds. The molecular weight excluding hydrogens is 458 g/mol. The summed E-state index contributed by atoms with van der Waals surface area (Å²) in [5, 5.41) is 14.8. The van der Waals surface area contributed by atoms with E-state index in [1.165, 1.54) is 23.1 Å². The number of thiazole rings is 1. The summed E-state index contributed by atoms with van der Waals surface area (Å²) in [5.41, 5.74) is 1.66. The Labute approximate surface area is 193 Å². The maximum Gasteiger partial charge on any atom is 0.311 e. The summed E-state index contributed by atoms with van der Waals surface area (Å²) < 4.78 is 6.90. The van der Waals surface area contributed by atoms with Gasteiger partial charge in [-0.25, -0.2) is 4.98 Å².